The number of ether oxygens (including phenoxy) is 1. The Bertz CT molecular complexity index is 665. The first-order chi connectivity index (χ1) is 11.7. The Kier molecular flexibility index (Phi) is 6.00. The molecule has 1 aliphatic heterocycles. The summed E-state index contributed by atoms with van der Waals surface area (Å²) in [7, 11) is 1.63. The molecule has 7 nitrogen and oxygen atoms in total. The first kappa shape index (κ1) is 19.6. The van der Waals surface area contributed by atoms with Gasteiger partial charge in [-0.05, 0) is 25.3 Å². The average Bonchev–Trinajstić information content (AvgIpc) is 2.58. The normalized spacial score (nSPS) is 21.4. The van der Waals surface area contributed by atoms with Crippen LogP contribution in [0.2, 0.25) is 0 Å². The standard InChI is InChI=1S/C18H29N3O4/c1-17(2,3)14-10-13(19-16(24)20-14)15(23)21-8-5-6-18(11-21,12-22)7-9-25-4/h10,22H,5-9,11-12H2,1-4H3,(H,19,20,24)/t18-/m0/s1. The van der Waals surface area contributed by atoms with Gasteiger partial charge in [-0.2, -0.15) is 4.98 Å². The van der Waals surface area contributed by atoms with Crippen molar-refractivity contribution >= 4 is 5.91 Å². The molecule has 0 saturated carbocycles. The zero-order valence-electron chi connectivity index (χ0n) is 15.6. The summed E-state index contributed by atoms with van der Waals surface area (Å²) in [5.74, 6) is -0.258. The van der Waals surface area contributed by atoms with Crippen LogP contribution < -0.4 is 5.69 Å². The van der Waals surface area contributed by atoms with E-state index < -0.39 is 5.69 Å². The van der Waals surface area contributed by atoms with Crippen molar-refractivity contribution in [2.75, 3.05) is 33.4 Å². The second-order valence-corrected chi connectivity index (χ2v) is 7.97. The number of rotatable bonds is 5. The summed E-state index contributed by atoms with van der Waals surface area (Å²) in [4.78, 5) is 33.1. The number of piperidine rings is 1. The van der Waals surface area contributed by atoms with Crippen molar-refractivity contribution in [2.45, 2.75) is 45.4 Å². The molecule has 1 aliphatic rings. The summed E-state index contributed by atoms with van der Waals surface area (Å²) in [5, 5.41) is 9.87. The van der Waals surface area contributed by atoms with Crippen LogP contribution in [0.3, 0.4) is 0 Å². The molecule has 1 amide bonds. The van der Waals surface area contributed by atoms with Gasteiger partial charge in [-0.15, -0.1) is 0 Å². The summed E-state index contributed by atoms with van der Waals surface area (Å²) in [5.41, 5.74) is -0.306. The van der Waals surface area contributed by atoms with Crippen molar-refractivity contribution in [3.8, 4) is 0 Å². The Labute approximate surface area is 148 Å². The predicted molar refractivity (Wildman–Crippen MR) is 94.7 cm³/mol. The first-order valence-electron chi connectivity index (χ1n) is 8.72. The van der Waals surface area contributed by atoms with Crippen molar-refractivity contribution < 1.29 is 14.6 Å². The molecule has 2 rings (SSSR count). The number of hydrogen-bond donors (Lipinski definition) is 2. The number of aromatic amines is 1. The van der Waals surface area contributed by atoms with Gasteiger partial charge in [-0.25, -0.2) is 4.79 Å². The lowest BCUT2D eigenvalue weighted by Crippen LogP contribution is -2.48. The average molecular weight is 351 g/mol. The monoisotopic (exact) mass is 351 g/mol. The fourth-order valence-electron chi connectivity index (χ4n) is 3.25. The maximum absolute atomic E-state index is 12.9. The molecule has 0 aliphatic carbocycles. The summed E-state index contributed by atoms with van der Waals surface area (Å²) in [6.45, 7) is 7.51. The number of nitrogens with one attached hydrogen (secondary N) is 1. The van der Waals surface area contributed by atoms with Gasteiger partial charge in [0.15, 0.2) is 0 Å². The lowest BCUT2D eigenvalue weighted by molar-refractivity contribution is 0.00870. The second kappa shape index (κ2) is 7.66. The Morgan fingerprint density at radius 1 is 1.48 bits per heavy atom. The lowest BCUT2D eigenvalue weighted by atomic mass is 9.78. The van der Waals surface area contributed by atoms with Gasteiger partial charge in [0.05, 0.1) is 6.61 Å². The molecule has 2 N–H and O–H groups in total. The van der Waals surface area contributed by atoms with Crippen LogP contribution in [0.5, 0.6) is 0 Å². The maximum Gasteiger partial charge on any atom is 0.345 e. The van der Waals surface area contributed by atoms with E-state index in [0.29, 0.717) is 31.8 Å². The highest BCUT2D eigenvalue weighted by Crippen LogP contribution is 2.33. The van der Waals surface area contributed by atoms with Crippen LogP contribution in [-0.4, -0.2) is 59.3 Å². The smallest absolute Gasteiger partial charge is 0.345 e. The first-order valence-corrected chi connectivity index (χ1v) is 8.72. The third-order valence-electron chi connectivity index (χ3n) is 4.89. The molecular weight excluding hydrogens is 322 g/mol. The number of methoxy groups -OCH3 is 1. The van der Waals surface area contributed by atoms with E-state index in [1.54, 1.807) is 18.1 Å². The number of aliphatic hydroxyl groups is 1. The summed E-state index contributed by atoms with van der Waals surface area (Å²) >= 11 is 0. The van der Waals surface area contributed by atoms with Crippen molar-refractivity contribution in [1.29, 1.82) is 0 Å². The number of H-pyrrole nitrogens is 1. The van der Waals surface area contributed by atoms with Crippen LogP contribution in [0, 0.1) is 5.41 Å². The molecule has 7 heteroatoms. The Morgan fingerprint density at radius 3 is 2.80 bits per heavy atom. The minimum absolute atomic E-state index is 0.0101. The van der Waals surface area contributed by atoms with Crippen LogP contribution >= 0.6 is 0 Å². The minimum atomic E-state index is -0.513. The largest absolute Gasteiger partial charge is 0.396 e. The lowest BCUT2D eigenvalue weighted by Gasteiger charge is -2.41. The zero-order chi connectivity index (χ0) is 18.7. The van der Waals surface area contributed by atoms with Crippen molar-refractivity contribution in [3.63, 3.8) is 0 Å². The Morgan fingerprint density at radius 2 is 2.20 bits per heavy atom. The fourth-order valence-corrected chi connectivity index (χ4v) is 3.25. The van der Waals surface area contributed by atoms with Gasteiger partial charge in [-0.1, -0.05) is 20.8 Å². The SMILES string of the molecule is COCC[C@@]1(CO)CCCN(C(=O)c2cc(C(C)(C)C)[nH]c(=O)n2)C1. The minimum Gasteiger partial charge on any atom is -0.396 e. The third-order valence-corrected chi connectivity index (χ3v) is 4.89. The molecule has 0 bridgehead atoms. The molecule has 25 heavy (non-hydrogen) atoms. The number of carbonyl (C=O) groups is 1. The zero-order valence-corrected chi connectivity index (χ0v) is 15.6. The van der Waals surface area contributed by atoms with Gasteiger partial charge < -0.3 is 19.7 Å². The molecule has 0 spiro atoms. The molecule has 1 saturated heterocycles. The van der Waals surface area contributed by atoms with E-state index in [0.717, 1.165) is 12.8 Å². The van der Waals surface area contributed by atoms with Gasteiger partial charge in [0, 0.05) is 43.3 Å². The molecule has 2 heterocycles. The number of nitrogens with zero attached hydrogens (tertiary/aromatic N) is 2. The molecule has 0 aromatic carbocycles. The highest BCUT2D eigenvalue weighted by Gasteiger charge is 2.37. The number of aliphatic hydroxyl groups excluding tert-OH is 1. The van der Waals surface area contributed by atoms with E-state index in [1.165, 1.54) is 0 Å². The molecule has 0 radical (unpaired) electrons. The van der Waals surface area contributed by atoms with Gasteiger partial charge in [0.25, 0.3) is 5.91 Å². The molecular formula is C18H29N3O4. The number of hydrogen-bond acceptors (Lipinski definition) is 5. The maximum atomic E-state index is 12.9. The number of amides is 1. The van der Waals surface area contributed by atoms with E-state index >= 15 is 0 Å². The third kappa shape index (κ3) is 4.67. The topological polar surface area (TPSA) is 95.5 Å². The quantitative estimate of drug-likeness (QED) is 0.834. The Hall–Kier alpha value is -1.73. The van der Waals surface area contributed by atoms with Gasteiger partial charge in [-0.3, -0.25) is 4.79 Å². The van der Waals surface area contributed by atoms with E-state index in [-0.39, 0.29) is 29.0 Å². The summed E-state index contributed by atoms with van der Waals surface area (Å²) < 4.78 is 5.15. The van der Waals surface area contributed by atoms with Crippen LogP contribution in [0.4, 0.5) is 0 Å². The second-order valence-electron chi connectivity index (χ2n) is 7.97. The van der Waals surface area contributed by atoms with E-state index in [1.807, 2.05) is 20.8 Å². The van der Waals surface area contributed by atoms with Crippen molar-refractivity contribution in [1.82, 2.24) is 14.9 Å². The predicted octanol–water partition coefficient (Wildman–Crippen LogP) is 1.32. The molecule has 1 atom stereocenters. The van der Waals surface area contributed by atoms with Gasteiger partial charge in [0.2, 0.25) is 0 Å². The summed E-state index contributed by atoms with van der Waals surface area (Å²) in [6.07, 6.45) is 2.36. The highest BCUT2D eigenvalue weighted by atomic mass is 16.5. The number of carbonyl (C=O) groups excluding carboxylic acids is 1. The number of aromatic nitrogens is 2. The van der Waals surface area contributed by atoms with Gasteiger partial charge >= 0.3 is 5.69 Å². The van der Waals surface area contributed by atoms with E-state index in [4.69, 9.17) is 4.74 Å². The molecule has 0 unspecified atom stereocenters. The van der Waals surface area contributed by atoms with Crippen molar-refractivity contribution in [2.24, 2.45) is 5.41 Å². The van der Waals surface area contributed by atoms with Crippen LogP contribution in [0.25, 0.3) is 0 Å². The molecule has 1 fully saturated rings. The van der Waals surface area contributed by atoms with Gasteiger partial charge in [0.1, 0.15) is 5.69 Å². The summed E-state index contributed by atoms with van der Waals surface area (Å²) in [6, 6.07) is 1.66. The van der Waals surface area contributed by atoms with E-state index in [9.17, 15) is 14.7 Å². The van der Waals surface area contributed by atoms with E-state index in [2.05, 4.69) is 9.97 Å². The molecule has 1 aromatic rings. The van der Waals surface area contributed by atoms with Crippen molar-refractivity contribution in [3.05, 3.63) is 27.9 Å². The molecule has 140 valence electrons. The highest BCUT2D eigenvalue weighted by molar-refractivity contribution is 5.92. The fraction of sp³-hybridized carbons (Fsp3) is 0.722. The molecule has 1 aromatic heterocycles. The van der Waals surface area contributed by atoms with Crippen LogP contribution in [-0.2, 0) is 10.2 Å². The number of likely N-dealkylation sites (tertiary alicyclic amines) is 1. The Balaban J connectivity index is 2.25. The van der Waals surface area contributed by atoms with Crippen LogP contribution in [0.15, 0.2) is 10.9 Å². The van der Waals surface area contributed by atoms with Crippen LogP contribution in [0.1, 0.15) is 56.2 Å².